The normalized spacial score (nSPS) is 23.3. The number of methoxy groups -OCH3 is 2. The van der Waals surface area contributed by atoms with Crippen molar-refractivity contribution in [2.75, 3.05) is 14.2 Å². The summed E-state index contributed by atoms with van der Waals surface area (Å²) in [5.74, 6) is 0.654. The molecular formula is C17H24O3. The van der Waals surface area contributed by atoms with Gasteiger partial charge in [0.15, 0.2) is 6.29 Å². The van der Waals surface area contributed by atoms with Gasteiger partial charge in [-0.15, -0.1) is 0 Å². The molecule has 2 rings (SSSR count). The first-order valence-electron chi connectivity index (χ1n) is 7.30. The van der Waals surface area contributed by atoms with E-state index in [2.05, 4.69) is 31.2 Å². The van der Waals surface area contributed by atoms with Crippen molar-refractivity contribution in [3.63, 3.8) is 0 Å². The molecule has 0 aliphatic heterocycles. The Morgan fingerprint density at radius 2 is 2.05 bits per heavy atom. The van der Waals surface area contributed by atoms with Crippen LogP contribution in [0, 0.1) is 12.8 Å². The molecule has 2 atom stereocenters. The molecule has 0 aromatic heterocycles. The quantitative estimate of drug-likeness (QED) is 0.773. The third-order valence-corrected chi connectivity index (χ3v) is 4.28. The molecule has 1 aliphatic carbocycles. The van der Waals surface area contributed by atoms with Crippen LogP contribution in [0.5, 0.6) is 0 Å². The van der Waals surface area contributed by atoms with Crippen LogP contribution < -0.4 is 0 Å². The zero-order valence-electron chi connectivity index (χ0n) is 12.6. The Morgan fingerprint density at radius 3 is 2.70 bits per heavy atom. The van der Waals surface area contributed by atoms with Gasteiger partial charge in [-0.1, -0.05) is 29.8 Å². The van der Waals surface area contributed by atoms with Crippen LogP contribution in [0.1, 0.15) is 42.7 Å². The van der Waals surface area contributed by atoms with Crippen molar-refractivity contribution < 1.29 is 14.3 Å². The number of hydrogen-bond acceptors (Lipinski definition) is 3. The van der Waals surface area contributed by atoms with E-state index < -0.39 is 0 Å². The molecule has 0 spiro atoms. The van der Waals surface area contributed by atoms with Gasteiger partial charge in [0.05, 0.1) is 0 Å². The average molecular weight is 276 g/mol. The number of hydrogen-bond donors (Lipinski definition) is 0. The first-order valence-corrected chi connectivity index (χ1v) is 7.30. The van der Waals surface area contributed by atoms with Crippen molar-refractivity contribution in [1.29, 1.82) is 0 Å². The summed E-state index contributed by atoms with van der Waals surface area (Å²) in [4.78, 5) is 12.3. The van der Waals surface area contributed by atoms with Crippen molar-refractivity contribution >= 4 is 5.78 Å². The van der Waals surface area contributed by atoms with Gasteiger partial charge in [0, 0.05) is 33.0 Å². The fourth-order valence-electron chi connectivity index (χ4n) is 3.20. The Hall–Kier alpha value is -1.19. The molecule has 0 heterocycles. The van der Waals surface area contributed by atoms with Crippen molar-refractivity contribution in [1.82, 2.24) is 0 Å². The minimum Gasteiger partial charge on any atom is -0.356 e. The van der Waals surface area contributed by atoms with Crippen LogP contribution >= 0.6 is 0 Å². The number of rotatable bonds is 5. The first kappa shape index (κ1) is 15.2. The molecule has 1 fully saturated rings. The standard InChI is InChI=1S/C17H24O3/c1-12-6-4-7-13(10-12)14-8-5-9-16(18)15(14)11-17(19-2)20-3/h4,6-7,10,14-15,17H,5,8-9,11H2,1-3H3. The van der Waals surface area contributed by atoms with E-state index in [9.17, 15) is 4.79 Å². The summed E-state index contributed by atoms with van der Waals surface area (Å²) in [7, 11) is 3.26. The van der Waals surface area contributed by atoms with E-state index in [1.807, 2.05) is 0 Å². The number of carbonyl (C=O) groups is 1. The van der Waals surface area contributed by atoms with Crippen LogP contribution in [0.4, 0.5) is 0 Å². The zero-order valence-corrected chi connectivity index (χ0v) is 12.6. The third kappa shape index (κ3) is 3.47. The van der Waals surface area contributed by atoms with Gasteiger partial charge in [0.25, 0.3) is 0 Å². The highest BCUT2D eigenvalue weighted by Crippen LogP contribution is 2.38. The summed E-state index contributed by atoms with van der Waals surface area (Å²) in [5.41, 5.74) is 2.52. The monoisotopic (exact) mass is 276 g/mol. The first-order chi connectivity index (χ1) is 9.65. The minimum absolute atomic E-state index is 0.00968. The van der Waals surface area contributed by atoms with Gasteiger partial charge in [-0.3, -0.25) is 4.79 Å². The van der Waals surface area contributed by atoms with Crippen LogP contribution in [0.25, 0.3) is 0 Å². The topological polar surface area (TPSA) is 35.5 Å². The van der Waals surface area contributed by atoms with Gasteiger partial charge in [-0.05, 0) is 31.2 Å². The van der Waals surface area contributed by atoms with Gasteiger partial charge in [-0.25, -0.2) is 0 Å². The molecule has 0 radical (unpaired) electrons. The molecule has 0 bridgehead atoms. The summed E-state index contributed by atoms with van der Waals surface area (Å²) >= 11 is 0. The Kier molecular flexibility index (Phi) is 5.32. The summed E-state index contributed by atoms with van der Waals surface area (Å²) < 4.78 is 10.6. The van der Waals surface area contributed by atoms with Crippen LogP contribution in [0.3, 0.4) is 0 Å². The molecule has 2 unspecified atom stereocenters. The zero-order chi connectivity index (χ0) is 14.5. The fraction of sp³-hybridized carbons (Fsp3) is 0.588. The van der Waals surface area contributed by atoms with E-state index in [1.54, 1.807) is 14.2 Å². The number of ether oxygens (including phenoxy) is 2. The second-order valence-corrected chi connectivity index (χ2v) is 5.62. The average Bonchev–Trinajstić information content (AvgIpc) is 2.46. The van der Waals surface area contributed by atoms with E-state index in [-0.39, 0.29) is 12.2 Å². The summed E-state index contributed by atoms with van der Waals surface area (Å²) in [5, 5.41) is 0. The maximum Gasteiger partial charge on any atom is 0.157 e. The molecule has 1 aromatic rings. The van der Waals surface area contributed by atoms with Crippen LogP contribution in [0.2, 0.25) is 0 Å². The number of benzene rings is 1. The van der Waals surface area contributed by atoms with Crippen molar-refractivity contribution in [2.24, 2.45) is 5.92 Å². The van der Waals surface area contributed by atoms with E-state index in [0.717, 1.165) is 12.8 Å². The summed E-state index contributed by atoms with van der Waals surface area (Å²) in [6.07, 6.45) is 3.09. The summed E-state index contributed by atoms with van der Waals surface area (Å²) in [6.45, 7) is 2.09. The van der Waals surface area contributed by atoms with Gasteiger partial charge in [0.2, 0.25) is 0 Å². The lowest BCUT2D eigenvalue weighted by Crippen LogP contribution is -2.31. The predicted molar refractivity (Wildman–Crippen MR) is 78.7 cm³/mol. The molecule has 0 saturated heterocycles. The molecule has 1 aliphatic rings. The second kappa shape index (κ2) is 7.00. The Morgan fingerprint density at radius 1 is 1.30 bits per heavy atom. The molecule has 0 N–H and O–H groups in total. The van der Waals surface area contributed by atoms with E-state index >= 15 is 0 Å². The van der Waals surface area contributed by atoms with Gasteiger partial charge in [0.1, 0.15) is 5.78 Å². The van der Waals surface area contributed by atoms with Crippen LogP contribution in [0.15, 0.2) is 24.3 Å². The fourth-order valence-corrected chi connectivity index (χ4v) is 3.20. The highest BCUT2D eigenvalue weighted by molar-refractivity contribution is 5.82. The van der Waals surface area contributed by atoms with Gasteiger partial charge < -0.3 is 9.47 Å². The molecule has 20 heavy (non-hydrogen) atoms. The lowest BCUT2D eigenvalue weighted by molar-refractivity contribution is -0.138. The van der Waals surface area contributed by atoms with Crippen molar-refractivity contribution in [3.8, 4) is 0 Å². The second-order valence-electron chi connectivity index (χ2n) is 5.62. The Balaban J connectivity index is 2.21. The van der Waals surface area contributed by atoms with Crippen LogP contribution in [-0.4, -0.2) is 26.3 Å². The SMILES string of the molecule is COC(CC1C(=O)CCCC1c1cccc(C)c1)OC. The lowest BCUT2D eigenvalue weighted by Gasteiger charge is -2.32. The van der Waals surface area contributed by atoms with Crippen molar-refractivity contribution in [2.45, 2.75) is 44.8 Å². The van der Waals surface area contributed by atoms with Gasteiger partial charge >= 0.3 is 0 Å². The molecule has 3 heteroatoms. The maximum absolute atomic E-state index is 12.3. The smallest absolute Gasteiger partial charge is 0.157 e. The largest absolute Gasteiger partial charge is 0.356 e. The Bertz CT molecular complexity index is 451. The van der Waals surface area contributed by atoms with E-state index in [1.165, 1.54) is 11.1 Å². The number of ketones is 1. The molecule has 3 nitrogen and oxygen atoms in total. The summed E-state index contributed by atoms with van der Waals surface area (Å²) in [6, 6.07) is 8.50. The van der Waals surface area contributed by atoms with E-state index in [4.69, 9.17) is 9.47 Å². The maximum atomic E-state index is 12.3. The third-order valence-electron chi connectivity index (χ3n) is 4.28. The molecule has 1 aromatic carbocycles. The molecule has 0 amide bonds. The number of carbonyl (C=O) groups excluding carboxylic acids is 1. The minimum atomic E-state index is -0.297. The molecule has 1 saturated carbocycles. The highest BCUT2D eigenvalue weighted by Gasteiger charge is 2.34. The molecule has 110 valence electrons. The van der Waals surface area contributed by atoms with Crippen LogP contribution in [-0.2, 0) is 14.3 Å². The van der Waals surface area contributed by atoms with Crippen molar-refractivity contribution in [3.05, 3.63) is 35.4 Å². The number of aryl methyl sites for hydroxylation is 1. The van der Waals surface area contributed by atoms with Gasteiger partial charge in [-0.2, -0.15) is 0 Å². The predicted octanol–water partition coefficient (Wildman–Crippen LogP) is 3.46. The highest BCUT2D eigenvalue weighted by atomic mass is 16.7. The number of Topliss-reactive ketones (excluding diaryl/α,β-unsaturated/α-hetero) is 1. The molecular weight excluding hydrogens is 252 g/mol. The Labute approximate surface area is 121 Å². The van der Waals surface area contributed by atoms with E-state index in [0.29, 0.717) is 24.5 Å². The lowest BCUT2D eigenvalue weighted by atomic mass is 9.73.